The predicted molar refractivity (Wildman–Crippen MR) is 44.4 cm³/mol. The van der Waals surface area contributed by atoms with Gasteiger partial charge in [0.2, 0.25) is 0 Å². The van der Waals surface area contributed by atoms with Crippen LogP contribution in [0.4, 0.5) is 5.69 Å². The Balaban J connectivity index is 0.000001000. The van der Waals surface area contributed by atoms with Crippen molar-refractivity contribution in [3.05, 3.63) is 36.4 Å². The van der Waals surface area contributed by atoms with Gasteiger partial charge in [0.15, 0.2) is 0 Å². The fraction of sp³-hybridized carbons (Fsp3) is 0.111. The second-order valence-electron chi connectivity index (χ2n) is 2.29. The van der Waals surface area contributed by atoms with Gasteiger partial charge in [-0.05, 0) is 0 Å². The molecule has 0 amide bonds. The monoisotopic (exact) mass is 221 g/mol. The Labute approximate surface area is 92.6 Å². The molecule has 1 nitrogen and oxygen atoms in total. The molecule has 0 saturated heterocycles. The third-order valence-electron chi connectivity index (χ3n) is 1.36. The van der Waals surface area contributed by atoms with Crippen molar-refractivity contribution in [2.75, 3.05) is 5.73 Å². The molecule has 2 heteroatoms. The number of hydrogen-bond donors (Lipinski definition) is 1. The van der Waals surface area contributed by atoms with Gasteiger partial charge >= 0.3 is 0 Å². The van der Waals surface area contributed by atoms with E-state index in [1.165, 1.54) is 0 Å². The first-order chi connectivity index (χ1) is 4.72. The van der Waals surface area contributed by atoms with Gasteiger partial charge in [-0.15, -0.1) is 23.8 Å². The second kappa shape index (κ2) is 4.68. The van der Waals surface area contributed by atoms with Gasteiger partial charge in [0, 0.05) is 32.7 Å². The molecule has 1 aromatic carbocycles. The van der Waals surface area contributed by atoms with Crippen LogP contribution in [0, 0.1) is 6.07 Å². The van der Waals surface area contributed by atoms with Crippen molar-refractivity contribution in [3.8, 4) is 0 Å². The summed E-state index contributed by atoms with van der Waals surface area (Å²) in [6, 6.07) is 8.40. The quantitative estimate of drug-likeness (QED) is 0.570. The fourth-order valence-electron chi connectivity index (χ4n) is 0.812. The van der Waals surface area contributed by atoms with Crippen molar-refractivity contribution in [1.82, 2.24) is 0 Å². The summed E-state index contributed by atoms with van der Waals surface area (Å²) in [6.07, 6.45) is 0. The van der Waals surface area contributed by atoms with Crippen molar-refractivity contribution in [2.24, 2.45) is 0 Å². The molecule has 0 fully saturated rings. The average molecular weight is 221 g/mol. The first-order valence-electron chi connectivity index (χ1n) is 3.13. The number of nitrogen functional groups attached to an aromatic ring is 1. The van der Waals surface area contributed by atoms with E-state index in [2.05, 4.69) is 12.6 Å². The maximum Gasteiger partial charge on any atom is 0 e. The van der Waals surface area contributed by atoms with Crippen molar-refractivity contribution >= 4 is 11.3 Å². The normalized spacial score (nSPS) is 8.45. The zero-order valence-corrected chi connectivity index (χ0v) is 9.43. The SMILES string of the molecule is C=C(C)c1c[c-]ccc1N.[Y]. The second-order valence-corrected chi connectivity index (χ2v) is 2.29. The van der Waals surface area contributed by atoms with Crippen LogP contribution in [-0.4, -0.2) is 0 Å². The molecule has 0 spiro atoms. The standard InChI is InChI=1S/C9H10N.Y/c1-7(2)8-5-3-4-6-9(8)10;/h4-6H,1,10H2,2H3;/q-1;. The Morgan fingerprint density at radius 3 is 2.64 bits per heavy atom. The molecule has 0 aromatic heterocycles. The summed E-state index contributed by atoms with van der Waals surface area (Å²) in [7, 11) is 0. The maximum absolute atomic E-state index is 5.64. The van der Waals surface area contributed by atoms with Crippen LogP contribution in [0.15, 0.2) is 24.8 Å². The minimum Gasteiger partial charge on any atom is -0.419 e. The van der Waals surface area contributed by atoms with E-state index in [-0.39, 0.29) is 32.7 Å². The van der Waals surface area contributed by atoms with E-state index in [1.54, 1.807) is 6.07 Å². The third kappa shape index (κ3) is 2.76. The van der Waals surface area contributed by atoms with Crippen LogP contribution in [0.1, 0.15) is 12.5 Å². The predicted octanol–water partition coefficient (Wildman–Crippen LogP) is 2.10. The molecule has 1 radical (unpaired) electrons. The van der Waals surface area contributed by atoms with Crippen LogP contribution in [0.25, 0.3) is 5.57 Å². The first-order valence-corrected chi connectivity index (χ1v) is 3.13. The Kier molecular flexibility index (Phi) is 4.63. The van der Waals surface area contributed by atoms with Crippen LogP contribution < -0.4 is 5.73 Å². The summed E-state index contributed by atoms with van der Waals surface area (Å²) in [4.78, 5) is 0. The molecule has 55 valence electrons. The number of nitrogens with two attached hydrogens (primary N) is 1. The van der Waals surface area contributed by atoms with Gasteiger partial charge in [-0.1, -0.05) is 12.6 Å². The van der Waals surface area contributed by atoms with Crippen LogP contribution >= 0.6 is 0 Å². The summed E-state index contributed by atoms with van der Waals surface area (Å²) in [6.45, 7) is 5.72. The number of benzene rings is 1. The zero-order valence-electron chi connectivity index (χ0n) is 6.59. The largest absolute Gasteiger partial charge is 0.419 e. The molecule has 0 saturated carbocycles. The fourth-order valence-corrected chi connectivity index (χ4v) is 0.812. The first kappa shape index (κ1) is 10.9. The van der Waals surface area contributed by atoms with Gasteiger partial charge in [-0.3, -0.25) is 0 Å². The van der Waals surface area contributed by atoms with Crippen molar-refractivity contribution in [1.29, 1.82) is 0 Å². The zero-order chi connectivity index (χ0) is 7.56. The molecule has 11 heavy (non-hydrogen) atoms. The van der Waals surface area contributed by atoms with Gasteiger partial charge < -0.3 is 5.73 Å². The van der Waals surface area contributed by atoms with E-state index in [0.29, 0.717) is 0 Å². The average Bonchev–Trinajstić information content (AvgIpc) is 1.88. The van der Waals surface area contributed by atoms with Crippen molar-refractivity contribution in [2.45, 2.75) is 6.92 Å². The van der Waals surface area contributed by atoms with Gasteiger partial charge in [0.1, 0.15) is 0 Å². The number of allylic oxidation sites excluding steroid dienone is 1. The van der Waals surface area contributed by atoms with E-state index < -0.39 is 0 Å². The molecule has 0 unspecified atom stereocenters. The minimum atomic E-state index is 0. The summed E-state index contributed by atoms with van der Waals surface area (Å²) in [5, 5.41) is 0. The minimum absolute atomic E-state index is 0. The van der Waals surface area contributed by atoms with Gasteiger partial charge in [-0.25, -0.2) is 0 Å². The van der Waals surface area contributed by atoms with Crippen molar-refractivity contribution in [3.63, 3.8) is 0 Å². The van der Waals surface area contributed by atoms with E-state index >= 15 is 0 Å². The molecule has 0 aliphatic heterocycles. The maximum atomic E-state index is 5.64. The Bertz CT molecular complexity index is 255. The molecule has 0 heterocycles. The van der Waals surface area contributed by atoms with E-state index in [1.807, 2.05) is 19.1 Å². The Morgan fingerprint density at radius 1 is 1.64 bits per heavy atom. The molecule has 1 aromatic rings. The van der Waals surface area contributed by atoms with E-state index in [0.717, 1.165) is 16.8 Å². The molecule has 0 aliphatic carbocycles. The Hall–Kier alpha value is -0.136. The molecule has 0 aliphatic rings. The van der Waals surface area contributed by atoms with Crippen LogP contribution in [0.5, 0.6) is 0 Å². The molecule has 2 N–H and O–H groups in total. The third-order valence-corrected chi connectivity index (χ3v) is 1.36. The van der Waals surface area contributed by atoms with Gasteiger partial charge in [0.05, 0.1) is 0 Å². The molecular weight excluding hydrogens is 211 g/mol. The summed E-state index contributed by atoms with van der Waals surface area (Å²) in [5.74, 6) is 0. The summed E-state index contributed by atoms with van der Waals surface area (Å²) < 4.78 is 0. The van der Waals surface area contributed by atoms with Crippen molar-refractivity contribution < 1.29 is 32.7 Å². The smallest absolute Gasteiger partial charge is 0 e. The molecular formula is C9H10NY-. The topological polar surface area (TPSA) is 26.0 Å². The van der Waals surface area contributed by atoms with Crippen LogP contribution in [0.2, 0.25) is 0 Å². The number of rotatable bonds is 1. The van der Waals surface area contributed by atoms with E-state index in [9.17, 15) is 0 Å². The number of anilines is 1. The number of hydrogen-bond acceptors (Lipinski definition) is 1. The molecule has 0 atom stereocenters. The summed E-state index contributed by atoms with van der Waals surface area (Å²) >= 11 is 0. The van der Waals surface area contributed by atoms with Crippen LogP contribution in [0.3, 0.4) is 0 Å². The molecule has 0 bridgehead atoms. The molecule has 1 rings (SSSR count). The van der Waals surface area contributed by atoms with Gasteiger partial charge in [0.25, 0.3) is 0 Å². The van der Waals surface area contributed by atoms with Gasteiger partial charge in [-0.2, -0.15) is 18.2 Å². The Morgan fingerprint density at radius 2 is 2.27 bits per heavy atom. The summed E-state index contributed by atoms with van der Waals surface area (Å²) in [5.41, 5.74) is 8.38. The van der Waals surface area contributed by atoms with Crippen LogP contribution in [-0.2, 0) is 32.7 Å². The van der Waals surface area contributed by atoms with E-state index in [4.69, 9.17) is 5.73 Å².